The molecule has 0 aliphatic rings. The van der Waals surface area contributed by atoms with Gasteiger partial charge in [0.1, 0.15) is 10.7 Å². The van der Waals surface area contributed by atoms with E-state index in [4.69, 9.17) is 21.1 Å². The van der Waals surface area contributed by atoms with Crippen LogP contribution in [0.1, 0.15) is 5.56 Å². The first-order chi connectivity index (χ1) is 13.1. The van der Waals surface area contributed by atoms with Crippen molar-refractivity contribution in [3.63, 3.8) is 0 Å². The van der Waals surface area contributed by atoms with E-state index in [1.54, 1.807) is 44.7 Å². The highest BCUT2D eigenvalue weighted by atomic mass is 35.5. The molecule has 7 nitrogen and oxygen atoms in total. The van der Waals surface area contributed by atoms with Crippen LogP contribution in [0.15, 0.2) is 64.6 Å². The first kappa shape index (κ1) is 18.5. The van der Waals surface area contributed by atoms with Crippen LogP contribution in [-0.2, 0) is 0 Å². The molecule has 0 radical (unpaired) electrons. The molecule has 3 rings (SSSR count). The summed E-state index contributed by atoms with van der Waals surface area (Å²) in [5.41, 5.74) is 4.02. The zero-order chi connectivity index (χ0) is 19.2. The summed E-state index contributed by atoms with van der Waals surface area (Å²) < 4.78 is 11.7. The van der Waals surface area contributed by atoms with Gasteiger partial charge in [0.25, 0.3) is 5.56 Å². The Bertz CT molecular complexity index is 1020. The van der Waals surface area contributed by atoms with Gasteiger partial charge < -0.3 is 9.47 Å². The Morgan fingerprint density at radius 3 is 2.56 bits per heavy atom. The highest BCUT2D eigenvalue weighted by molar-refractivity contribution is 6.32. The fourth-order valence-corrected chi connectivity index (χ4v) is 2.54. The van der Waals surface area contributed by atoms with E-state index in [0.717, 1.165) is 5.56 Å². The van der Waals surface area contributed by atoms with Crippen LogP contribution in [0, 0.1) is 0 Å². The minimum absolute atomic E-state index is 0.00156. The van der Waals surface area contributed by atoms with Crippen molar-refractivity contribution in [3.8, 4) is 17.2 Å². The first-order valence-corrected chi connectivity index (χ1v) is 8.36. The summed E-state index contributed by atoms with van der Waals surface area (Å²) in [6, 6.07) is 14.4. The Labute approximate surface area is 160 Å². The van der Waals surface area contributed by atoms with Gasteiger partial charge in [0, 0.05) is 0 Å². The molecule has 0 aliphatic carbocycles. The number of rotatable bonds is 6. The molecule has 0 aliphatic heterocycles. The van der Waals surface area contributed by atoms with Gasteiger partial charge in [-0.25, -0.2) is 0 Å². The van der Waals surface area contributed by atoms with Gasteiger partial charge in [0.15, 0.2) is 11.5 Å². The SMILES string of the molecule is COc1ccc(/C=N/Nc2cnn(-c3ccccc3)c(=O)c2Cl)cc1OC. The van der Waals surface area contributed by atoms with Crippen molar-refractivity contribution >= 4 is 23.5 Å². The Balaban J connectivity index is 1.80. The van der Waals surface area contributed by atoms with Gasteiger partial charge in [-0.1, -0.05) is 29.8 Å². The van der Waals surface area contributed by atoms with E-state index in [2.05, 4.69) is 15.6 Å². The highest BCUT2D eigenvalue weighted by Gasteiger charge is 2.10. The van der Waals surface area contributed by atoms with Crippen LogP contribution in [0.2, 0.25) is 5.02 Å². The predicted molar refractivity (Wildman–Crippen MR) is 106 cm³/mol. The second kappa shape index (κ2) is 8.37. The van der Waals surface area contributed by atoms with Crippen LogP contribution in [0.3, 0.4) is 0 Å². The lowest BCUT2D eigenvalue weighted by Crippen LogP contribution is -2.22. The number of para-hydroxylation sites is 1. The van der Waals surface area contributed by atoms with E-state index < -0.39 is 5.56 Å². The molecule has 1 N–H and O–H groups in total. The summed E-state index contributed by atoms with van der Waals surface area (Å²) in [7, 11) is 3.13. The molecular formula is C19H17ClN4O3. The molecule has 1 aromatic heterocycles. The Kier molecular flexibility index (Phi) is 5.73. The largest absolute Gasteiger partial charge is 0.493 e. The van der Waals surface area contributed by atoms with Crippen LogP contribution in [0.5, 0.6) is 11.5 Å². The molecule has 0 bridgehead atoms. The Hall–Kier alpha value is -3.32. The third-order valence-electron chi connectivity index (χ3n) is 3.73. The Morgan fingerprint density at radius 1 is 1.11 bits per heavy atom. The fourth-order valence-electron chi connectivity index (χ4n) is 2.37. The number of benzene rings is 2. The average Bonchev–Trinajstić information content (AvgIpc) is 2.71. The Morgan fingerprint density at radius 2 is 1.85 bits per heavy atom. The third kappa shape index (κ3) is 4.09. The van der Waals surface area contributed by atoms with Gasteiger partial charge in [-0.2, -0.15) is 14.9 Å². The molecule has 0 amide bonds. The highest BCUT2D eigenvalue weighted by Crippen LogP contribution is 2.27. The number of nitrogens with zero attached hydrogens (tertiary/aromatic N) is 3. The van der Waals surface area contributed by atoms with Crippen LogP contribution >= 0.6 is 11.6 Å². The van der Waals surface area contributed by atoms with Gasteiger partial charge in [0.2, 0.25) is 0 Å². The molecule has 0 spiro atoms. The lowest BCUT2D eigenvalue weighted by atomic mass is 10.2. The standard InChI is InChI=1S/C19H17ClN4O3/c1-26-16-9-8-13(10-17(16)27-2)11-21-23-15-12-22-24(19(25)18(15)20)14-6-4-3-5-7-14/h3-12,23H,1-2H3/b21-11+. The molecule has 27 heavy (non-hydrogen) atoms. The number of aromatic nitrogens is 2. The molecule has 0 unspecified atom stereocenters. The van der Waals surface area contributed by atoms with Gasteiger partial charge >= 0.3 is 0 Å². The molecule has 138 valence electrons. The quantitative estimate of drug-likeness (QED) is 0.521. The molecule has 1 heterocycles. The van der Waals surface area contributed by atoms with E-state index >= 15 is 0 Å². The molecule has 0 saturated carbocycles. The normalized spacial score (nSPS) is 10.8. The van der Waals surface area contributed by atoms with Crippen LogP contribution < -0.4 is 20.5 Å². The maximum absolute atomic E-state index is 12.4. The summed E-state index contributed by atoms with van der Waals surface area (Å²) in [4.78, 5) is 12.4. The summed E-state index contributed by atoms with van der Waals surface area (Å²) >= 11 is 6.17. The zero-order valence-electron chi connectivity index (χ0n) is 14.7. The molecule has 0 fully saturated rings. The minimum atomic E-state index is -0.436. The number of hydrogen-bond donors (Lipinski definition) is 1. The summed E-state index contributed by atoms with van der Waals surface area (Å²) in [6.07, 6.45) is 3.02. The molecular weight excluding hydrogens is 368 g/mol. The number of hydrogen-bond acceptors (Lipinski definition) is 6. The third-order valence-corrected chi connectivity index (χ3v) is 4.09. The van der Waals surface area contributed by atoms with Gasteiger partial charge in [-0.15, -0.1) is 0 Å². The van der Waals surface area contributed by atoms with Gasteiger partial charge in [0.05, 0.1) is 32.3 Å². The minimum Gasteiger partial charge on any atom is -0.493 e. The van der Waals surface area contributed by atoms with E-state index in [1.807, 2.05) is 24.3 Å². The van der Waals surface area contributed by atoms with E-state index in [0.29, 0.717) is 22.9 Å². The summed E-state index contributed by atoms with van der Waals surface area (Å²) in [5, 5.41) is 8.23. The van der Waals surface area contributed by atoms with Crippen molar-refractivity contribution < 1.29 is 9.47 Å². The predicted octanol–water partition coefficient (Wildman–Crippen LogP) is 3.35. The van der Waals surface area contributed by atoms with E-state index in [-0.39, 0.29) is 5.02 Å². The van der Waals surface area contributed by atoms with Crippen molar-refractivity contribution in [2.45, 2.75) is 0 Å². The monoisotopic (exact) mass is 384 g/mol. The van der Waals surface area contributed by atoms with Crippen molar-refractivity contribution in [1.82, 2.24) is 9.78 Å². The number of ether oxygens (including phenoxy) is 2. The second-order valence-electron chi connectivity index (χ2n) is 5.41. The molecule has 2 aromatic carbocycles. The van der Waals surface area contributed by atoms with Gasteiger partial charge in [-0.3, -0.25) is 10.2 Å². The average molecular weight is 385 g/mol. The van der Waals surface area contributed by atoms with Crippen molar-refractivity contribution in [2.75, 3.05) is 19.6 Å². The van der Waals surface area contributed by atoms with Crippen LogP contribution in [0.4, 0.5) is 5.69 Å². The lowest BCUT2D eigenvalue weighted by molar-refractivity contribution is 0.355. The van der Waals surface area contributed by atoms with Crippen molar-refractivity contribution in [3.05, 3.63) is 75.7 Å². The summed E-state index contributed by atoms with van der Waals surface area (Å²) in [6.45, 7) is 0. The zero-order valence-corrected chi connectivity index (χ0v) is 15.5. The van der Waals surface area contributed by atoms with E-state index in [9.17, 15) is 4.79 Å². The van der Waals surface area contributed by atoms with Gasteiger partial charge in [-0.05, 0) is 35.9 Å². The number of nitrogens with one attached hydrogen (secondary N) is 1. The van der Waals surface area contributed by atoms with Crippen molar-refractivity contribution in [2.24, 2.45) is 5.10 Å². The van der Waals surface area contributed by atoms with Crippen LogP contribution in [0.25, 0.3) is 5.69 Å². The maximum atomic E-state index is 12.4. The van der Waals surface area contributed by atoms with Crippen LogP contribution in [-0.4, -0.2) is 30.2 Å². The number of halogens is 1. The first-order valence-electron chi connectivity index (χ1n) is 7.98. The second-order valence-corrected chi connectivity index (χ2v) is 5.79. The smallest absolute Gasteiger partial charge is 0.292 e. The van der Waals surface area contributed by atoms with Crippen molar-refractivity contribution in [1.29, 1.82) is 0 Å². The molecule has 8 heteroatoms. The maximum Gasteiger partial charge on any atom is 0.292 e. The number of methoxy groups -OCH3 is 2. The summed E-state index contributed by atoms with van der Waals surface area (Å²) in [5.74, 6) is 1.21. The fraction of sp³-hybridized carbons (Fsp3) is 0.105. The molecule has 3 aromatic rings. The molecule has 0 saturated heterocycles. The number of anilines is 1. The van der Waals surface area contributed by atoms with E-state index in [1.165, 1.54) is 10.9 Å². The molecule has 0 atom stereocenters. The number of hydrazone groups is 1. The topological polar surface area (TPSA) is 77.7 Å². The lowest BCUT2D eigenvalue weighted by Gasteiger charge is -2.08.